The third-order valence-electron chi connectivity index (χ3n) is 5.30. The van der Waals surface area contributed by atoms with E-state index in [1.54, 1.807) is 18.2 Å². The molecule has 0 bridgehead atoms. The summed E-state index contributed by atoms with van der Waals surface area (Å²) in [7, 11) is 0. The molecule has 0 spiro atoms. The van der Waals surface area contributed by atoms with E-state index in [1.807, 2.05) is 19.9 Å². The number of Topliss-reactive ketones (excluding diaryl/α,β-unsaturated/α-hetero) is 2. The maximum absolute atomic E-state index is 13.0. The van der Waals surface area contributed by atoms with Gasteiger partial charge in [-0.05, 0) is 26.7 Å². The second-order valence-corrected chi connectivity index (χ2v) is 8.11. The first-order valence-electron chi connectivity index (χ1n) is 11.1. The van der Waals surface area contributed by atoms with Gasteiger partial charge in [0.1, 0.15) is 0 Å². The summed E-state index contributed by atoms with van der Waals surface area (Å²) in [6, 6.07) is 7.08. The van der Waals surface area contributed by atoms with Crippen molar-refractivity contribution in [1.29, 1.82) is 0 Å². The van der Waals surface area contributed by atoms with Gasteiger partial charge in [-0.3, -0.25) is 9.59 Å². The second kappa shape index (κ2) is 11.8. The molecule has 2 rings (SSSR count). The Morgan fingerprint density at radius 2 is 1.25 bits per heavy atom. The molecule has 28 heavy (non-hydrogen) atoms. The molecular formula is C25H36O3. The molecule has 0 unspecified atom stereocenters. The van der Waals surface area contributed by atoms with Crippen molar-refractivity contribution < 1.29 is 14.3 Å². The molecule has 1 aromatic rings. The van der Waals surface area contributed by atoms with Crippen LogP contribution in [0.2, 0.25) is 0 Å². The molecule has 0 saturated carbocycles. The molecule has 1 aromatic carbocycles. The number of carbonyl (C=O) groups is 2. The first-order valence-corrected chi connectivity index (χ1v) is 11.1. The van der Waals surface area contributed by atoms with E-state index in [9.17, 15) is 9.59 Å². The lowest BCUT2D eigenvalue weighted by Crippen LogP contribution is -2.25. The Morgan fingerprint density at radius 1 is 0.750 bits per heavy atom. The summed E-state index contributed by atoms with van der Waals surface area (Å²) in [6.45, 7) is 6.03. The van der Waals surface area contributed by atoms with Crippen molar-refractivity contribution in [2.45, 2.75) is 97.5 Å². The molecule has 0 saturated heterocycles. The van der Waals surface area contributed by atoms with Crippen molar-refractivity contribution in [3.63, 3.8) is 0 Å². The van der Waals surface area contributed by atoms with E-state index in [4.69, 9.17) is 4.74 Å². The molecule has 1 aliphatic carbocycles. The number of ether oxygens (including phenoxy) is 1. The standard InChI is InChI=1S/C25H36O3/c1-4-5-6-7-8-9-10-11-12-13-18-22-23(26)20-16-14-15-17-21(20)24(27)25(22)28-19(2)3/h14-17,19H,4-13,18H2,1-3H3. The summed E-state index contributed by atoms with van der Waals surface area (Å²) >= 11 is 0. The number of rotatable bonds is 13. The molecule has 0 heterocycles. The zero-order valence-corrected chi connectivity index (χ0v) is 17.9. The molecule has 0 radical (unpaired) electrons. The van der Waals surface area contributed by atoms with Crippen molar-refractivity contribution in [2.24, 2.45) is 0 Å². The predicted octanol–water partition coefficient (Wildman–Crippen LogP) is 7.06. The number of allylic oxidation sites excluding steroid dienone is 2. The molecule has 3 nitrogen and oxygen atoms in total. The van der Waals surface area contributed by atoms with Gasteiger partial charge in [-0.1, -0.05) is 89.0 Å². The highest BCUT2D eigenvalue weighted by Crippen LogP contribution is 2.30. The number of benzene rings is 1. The average Bonchev–Trinajstić information content (AvgIpc) is 2.69. The van der Waals surface area contributed by atoms with Gasteiger partial charge in [0.05, 0.1) is 6.10 Å². The normalized spacial score (nSPS) is 14.0. The Labute approximate surface area is 170 Å². The lowest BCUT2D eigenvalue weighted by Gasteiger charge is -2.22. The fraction of sp³-hybridized carbons (Fsp3) is 0.600. The minimum absolute atomic E-state index is 0.0400. The Hall–Kier alpha value is -1.90. The minimum Gasteiger partial charge on any atom is -0.486 e. The molecule has 0 fully saturated rings. The Bertz CT molecular complexity index is 685. The monoisotopic (exact) mass is 384 g/mol. The van der Waals surface area contributed by atoms with Crippen LogP contribution in [-0.4, -0.2) is 17.7 Å². The van der Waals surface area contributed by atoms with Gasteiger partial charge in [-0.25, -0.2) is 0 Å². The number of carbonyl (C=O) groups excluding carboxylic acids is 2. The fourth-order valence-electron chi connectivity index (χ4n) is 3.78. The van der Waals surface area contributed by atoms with Crippen LogP contribution in [0.4, 0.5) is 0 Å². The second-order valence-electron chi connectivity index (χ2n) is 8.11. The van der Waals surface area contributed by atoms with E-state index in [1.165, 1.54) is 51.4 Å². The van der Waals surface area contributed by atoms with Crippen LogP contribution in [0, 0.1) is 0 Å². The molecule has 3 heteroatoms. The van der Waals surface area contributed by atoms with Crippen LogP contribution >= 0.6 is 0 Å². The van der Waals surface area contributed by atoms with Gasteiger partial charge in [0.2, 0.25) is 5.78 Å². The van der Waals surface area contributed by atoms with Gasteiger partial charge in [0, 0.05) is 16.7 Å². The lowest BCUT2D eigenvalue weighted by molar-refractivity contribution is 0.0793. The number of hydrogen-bond donors (Lipinski definition) is 0. The van der Waals surface area contributed by atoms with Gasteiger partial charge in [-0.2, -0.15) is 0 Å². The Balaban J connectivity index is 1.87. The smallest absolute Gasteiger partial charge is 0.228 e. The van der Waals surface area contributed by atoms with Gasteiger partial charge < -0.3 is 4.74 Å². The van der Waals surface area contributed by atoms with Crippen molar-refractivity contribution >= 4 is 11.6 Å². The zero-order valence-electron chi connectivity index (χ0n) is 17.9. The predicted molar refractivity (Wildman–Crippen MR) is 115 cm³/mol. The van der Waals surface area contributed by atoms with E-state index in [0.29, 0.717) is 23.1 Å². The van der Waals surface area contributed by atoms with E-state index in [-0.39, 0.29) is 23.4 Å². The molecule has 0 aliphatic heterocycles. The summed E-state index contributed by atoms with van der Waals surface area (Å²) in [5.74, 6) is 0.0855. The fourth-order valence-corrected chi connectivity index (χ4v) is 3.78. The van der Waals surface area contributed by atoms with Crippen LogP contribution in [0.15, 0.2) is 35.6 Å². The van der Waals surface area contributed by atoms with E-state index >= 15 is 0 Å². The van der Waals surface area contributed by atoms with Crippen molar-refractivity contribution in [1.82, 2.24) is 0 Å². The summed E-state index contributed by atoms with van der Waals surface area (Å²) in [5, 5.41) is 0. The summed E-state index contributed by atoms with van der Waals surface area (Å²) in [6.07, 6.45) is 13.0. The molecule has 0 atom stereocenters. The molecule has 154 valence electrons. The van der Waals surface area contributed by atoms with E-state index in [2.05, 4.69) is 6.92 Å². The summed E-state index contributed by atoms with van der Waals surface area (Å²) in [4.78, 5) is 25.8. The third kappa shape index (κ3) is 6.32. The van der Waals surface area contributed by atoms with E-state index in [0.717, 1.165) is 12.8 Å². The highest BCUT2D eigenvalue weighted by molar-refractivity contribution is 6.26. The first-order chi connectivity index (χ1) is 13.6. The van der Waals surface area contributed by atoms with Crippen molar-refractivity contribution in [2.75, 3.05) is 0 Å². The van der Waals surface area contributed by atoms with Gasteiger partial charge in [-0.15, -0.1) is 0 Å². The highest BCUT2D eigenvalue weighted by atomic mass is 16.5. The summed E-state index contributed by atoms with van der Waals surface area (Å²) in [5.41, 5.74) is 1.55. The third-order valence-corrected chi connectivity index (χ3v) is 5.30. The Kier molecular flexibility index (Phi) is 9.46. The number of ketones is 2. The van der Waals surface area contributed by atoms with Crippen LogP contribution in [0.3, 0.4) is 0 Å². The van der Waals surface area contributed by atoms with Crippen LogP contribution in [0.5, 0.6) is 0 Å². The average molecular weight is 385 g/mol. The largest absolute Gasteiger partial charge is 0.486 e. The highest BCUT2D eigenvalue weighted by Gasteiger charge is 2.33. The Morgan fingerprint density at radius 3 is 1.79 bits per heavy atom. The van der Waals surface area contributed by atoms with Gasteiger partial charge in [0.25, 0.3) is 0 Å². The van der Waals surface area contributed by atoms with Crippen LogP contribution in [0.25, 0.3) is 0 Å². The van der Waals surface area contributed by atoms with Gasteiger partial charge in [0.15, 0.2) is 11.5 Å². The van der Waals surface area contributed by atoms with Crippen LogP contribution in [0.1, 0.15) is 112 Å². The van der Waals surface area contributed by atoms with E-state index < -0.39 is 0 Å². The SMILES string of the molecule is CCCCCCCCCCCCC1=C(OC(C)C)C(=O)c2ccccc2C1=O. The van der Waals surface area contributed by atoms with Crippen LogP contribution < -0.4 is 0 Å². The first kappa shape index (κ1) is 22.4. The number of hydrogen-bond acceptors (Lipinski definition) is 3. The molecule has 1 aliphatic rings. The quantitative estimate of drug-likeness (QED) is 0.342. The lowest BCUT2D eigenvalue weighted by atomic mass is 9.85. The maximum atomic E-state index is 13.0. The zero-order chi connectivity index (χ0) is 20.4. The molecular weight excluding hydrogens is 348 g/mol. The number of fused-ring (bicyclic) bond motifs is 1. The molecule has 0 N–H and O–H groups in total. The summed E-state index contributed by atoms with van der Waals surface area (Å²) < 4.78 is 5.79. The molecule has 0 amide bonds. The maximum Gasteiger partial charge on any atom is 0.228 e. The van der Waals surface area contributed by atoms with Crippen molar-refractivity contribution in [3.05, 3.63) is 46.7 Å². The van der Waals surface area contributed by atoms with Crippen LogP contribution in [-0.2, 0) is 4.74 Å². The number of unbranched alkanes of at least 4 members (excludes halogenated alkanes) is 9. The minimum atomic E-state index is -0.147. The molecule has 0 aromatic heterocycles. The topological polar surface area (TPSA) is 43.4 Å². The van der Waals surface area contributed by atoms with Crippen molar-refractivity contribution in [3.8, 4) is 0 Å². The van der Waals surface area contributed by atoms with Gasteiger partial charge >= 0.3 is 0 Å².